The van der Waals surface area contributed by atoms with Crippen molar-refractivity contribution in [2.75, 3.05) is 7.11 Å². The zero-order valence-electron chi connectivity index (χ0n) is 10.6. The summed E-state index contributed by atoms with van der Waals surface area (Å²) in [5.41, 5.74) is 3.81. The number of rotatable bonds is 4. The van der Waals surface area contributed by atoms with Crippen molar-refractivity contribution < 1.29 is 9.84 Å². The number of methoxy groups -OCH3 is 1. The van der Waals surface area contributed by atoms with Gasteiger partial charge in [0.25, 0.3) is 0 Å². The van der Waals surface area contributed by atoms with Gasteiger partial charge in [-0.05, 0) is 23.6 Å². The molecule has 2 rings (SSSR count). The average molecular weight is 243 g/mol. The molecule has 0 amide bonds. The minimum Gasteiger partial charge on any atom is -0.384 e. The van der Waals surface area contributed by atoms with Gasteiger partial charge in [-0.2, -0.15) is 0 Å². The number of aryl methyl sites for hydroxylation is 1. The maximum atomic E-state index is 10.3. The van der Waals surface area contributed by atoms with E-state index in [1.165, 1.54) is 0 Å². The molecule has 0 fully saturated rings. The lowest BCUT2D eigenvalue weighted by Gasteiger charge is -2.12. The van der Waals surface area contributed by atoms with E-state index in [0.717, 1.165) is 22.3 Å². The van der Waals surface area contributed by atoms with Gasteiger partial charge in [0.1, 0.15) is 6.10 Å². The Morgan fingerprint density at radius 2 is 1.89 bits per heavy atom. The summed E-state index contributed by atoms with van der Waals surface area (Å²) >= 11 is 0. The summed E-state index contributed by atoms with van der Waals surface area (Å²) in [6, 6.07) is 9.71. The fraction of sp³-hybridized carbons (Fsp3) is 0.267. The lowest BCUT2D eigenvalue weighted by molar-refractivity contribution is 0.184. The molecule has 1 N–H and O–H groups in total. The molecule has 18 heavy (non-hydrogen) atoms. The standard InChI is InChI=1S/C15H17NO2/c1-11-7-14(9-16-8-11)15(17)13-5-3-12(4-6-13)10-18-2/h3-9,15,17H,10H2,1-2H3. The zero-order valence-corrected chi connectivity index (χ0v) is 10.6. The Bertz CT molecular complexity index is 508. The van der Waals surface area contributed by atoms with Crippen LogP contribution in [0.5, 0.6) is 0 Å². The molecule has 1 aromatic heterocycles. The number of pyridine rings is 1. The topological polar surface area (TPSA) is 42.4 Å². The minimum atomic E-state index is -0.631. The van der Waals surface area contributed by atoms with Crippen LogP contribution in [0.4, 0.5) is 0 Å². The number of hydrogen-bond acceptors (Lipinski definition) is 3. The molecule has 2 aromatic rings. The third-order valence-electron chi connectivity index (χ3n) is 2.82. The summed E-state index contributed by atoms with van der Waals surface area (Å²) in [5, 5.41) is 10.3. The quantitative estimate of drug-likeness (QED) is 0.897. The highest BCUT2D eigenvalue weighted by molar-refractivity contribution is 5.31. The molecule has 1 unspecified atom stereocenters. The molecule has 0 aliphatic rings. The second kappa shape index (κ2) is 5.76. The smallest absolute Gasteiger partial charge is 0.106 e. The fourth-order valence-corrected chi connectivity index (χ4v) is 1.88. The lowest BCUT2D eigenvalue weighted by Crippen LogP contribution is -2.01. The molecule has 94 valence electrons. The first-order valence-corrected chi connectivity index (χ1v) is 5.88. The first-order valence-electron chi connectivity index (χ1n) is 5.88. The molecule has 0 aliphatic heterocycles. The van der Waals surface area contributed by atoms with Gasteiger partial charge in [0, 0.05) is 25.1 Å². The highest BCUT2D eigenvalue weighted by Gasteiger charge is 2.10. The monoisotopic (exact) mass is 243 g/mol. The number of aromatic nitrogens is 1. The summed E-state index contributed by atoms with van der Waals surface area (Å²) < 4.78 is 5.06. The number of nitrogens with zero attached hydrogens (tertiary/aromatic N) is 1. The van der Waals surface area contributed by atoms with Gasteiger partial charge < -0.3 is 9.84 Å². The van der Waals surface area contributed by atoms with Crippen LogP contribution in [0.25, 0.3) is 0 Å². The molecule has 0 saturated carbocycles. The van der Waals surface area contributed by atoms with E-state index in [1.54, 1.807) is 19.5 Å². The molecule has 1 aromatic carbocycles. The Morgan fingerprint density at radius 1 is 1.17 bits per heavy atom. The number of ether oxygens (including phenoxy) is 1. The second-order valence-electron chi connectivity index (χ2n) is 4.37. The van der Waals surface area contributed by atoms with E-state index in [9.17, 15) is 5.11 Å². The van der Waals surface area contributed by atoms with Crippen molar-refractivity contribution in [2.45, 2.75) is 19.6 Å². The maximum Gasteiger partial charge on any atom is 0.106 e. The zero-order chi connectivity index (χ0) is 13.0. The third-order valence-corrected chi connectivity index (χ3v) is 2.82. The highest BCUT2D eigenvalue weighted by atomic mass is 16.5. The molecule has 1 atom stereocenters. The van der Waals surface area contributed by atoms with E-state index in [2.05, 4.69) is 4.98 Å². The van der Waals surface area contributed by atoms with Crippen molar-refractivity contribution in [1.29, 1.82) is 0 Å². The minimum absolute atomic E-state index is 0.586. The van der Waals surface area contributed by atoms with Crippen LogP contribution in [-0.2, 0) is 11.3 Å². The van der Waals surface area contributed by atoms with Crippen molar-refractivity contribution in [2.24, 2.45) is 0 Å². The van der Waals surface area contributed by atoms with Crippen molar-refractivity contribution in [3.8, 4) is 0 Å². The number of hydrogen-bond donors (Lipinski definition) is 1. The van der Waals surface area contributed by atoms with E-state index >= 15 is 0 Å². The number of aliphatic hydroxyl groups is 1. The molecule has 0 spiro atoms. The van der Waals surface area contributed by atoms with Crippen LogP contribution in [0, 0.1) is 6.92 Å². The summed E-state index contributed by atoms with van der Waals surface area (Å²) in [6.45, 7) is 2.55. The molecule has 0 aliphatic carbocycles. The van der Waals surface area contributed by atoms with Gasteiger partial charge in [0.15, 0.2) is 0 Å². The normalized spacial score (nSPS) is 12.4. The van der Waals surface area contributed by atoms with Crippen molar-refractivity contribution in [3.63, 3.8) is 0 Å². The number of aliphatic hydroxyl groups excluding tert-OH is 1. The fourth-order valence-electron chi connectivity index (χ4n) is 1.88. The SMILES string of the molecule is COCc1ccc(C(O)c2cncc(C)c2)cc1. The molecular weight excluding hydrogens is 226 g/mol. The predicted octanol–water partition coefficient (Wildman–Crippen LogP) is 2.62. The Hall–Kier alpha value is -1.71. The van der Waals surface area contributed by atoms with Gasteiger partial charge in [-0.1, -0.05) is 30.3 Å². The number of benzene rings is 1. The molecule has 0 saturated heterocycles. The lowest BCUT2D eigenvalue weighted by atomic mass is 10.0. The first-order chi connectivity index (χ1) is 8.70. The molecule has 0 radical (unpaired) electrons. The Labute approximate surface area is 107 Å². The van der Waals surface area contributed by atoms with Crippen LogP contribution < -0.4 is 0 Å². The molecular formula is C15H17NO2. The summed E-state index contributed by atoms with van der Waals surface area (Å²) in [5.74, 6) is 0. The van der Waals surface area contributed by atoms with Gasteiger partial charge >= 0.3 is 0 Å². The summed E-state index contributed by atoms with van der Waals surface area (Å²) in [4.78, 5) is 4.10. The third kappa shape index (κ3) is 2.94. The van der Waals surface area contributed by atoms with Gasteiger partial charge in [-0.15, -0.1) is 0 Å². The van der Waals surface area contributed by atoms with Crippen LogP contribution in [0.3, 0.4) is 0 Å². The van der Waals surface area contributed by atoms with Crippen molar-refractivity contribution in [1.82, 2.24) is 4.98 Å². The Balaban J connectivity index is 2.20. The van der Waals surface area contributed by atoms with Crippen molar-refractivity contribution in [3.05, 3.63) is 65.0 Å². The van der Waals surface area contributed by atoms with Crippen molar-refractivity contribution >= 4 is 0 Å². The first kappa shape index (κ1) is 12.7. The molecule has 3 nitrogen and oxygen atoms in total. The van der Waals surface area contributed by atoms with Gasteiger partial charge in [0.05, 0.1) is 6.61 Å². The van der Waals surface area contributed by atoms with Gasteiger partial charge in [-0.25, -0.2) is 0 Å². The highest BCUT2D eigenvalue weighted by Crippen LogP contribution is 2.22. The maximum absolute atomic E-state index is 10.3. The largest absolute Gasteiger partial charge is 0.384 e. The Kier molecular flexibility index (Phi) is 4.07. The second-order valence-corrected chi connectivity index (χ2v) is 4.37. The Morgan fingerprint density at radius 3 is 2.50 bits per heavy atom. The molecule has 3 heteroatoms. The van der Waals surface area contributed by atoms with E-state index in [4.69, 9.17) is 4.74 Å². The van der Waals surface area contributed by atoms with Crippen LogP contribution in [-0.4, -0.2) is 17.2 Å². The van der Waals surface area contributed by atoms with Crippen LogP contribution >= 0.6 is 0 Å². The van der Waals surface area contributed by atoms with Crippen LogP contribution in [0.15, 0.2) is 42.7 Å². The molecule has 0 bridgehead atoms. The van der Waals surface area contributed by atoms with E-state index < -0.39 is 6.10 Å². The predicted molar refractivity (Wildman–Crippen MR) is 70.2 cm³/mol. The van der Waals surface area contributed by atoms with E-state index in [1.807, 2.05) is 37.3 Å². The van der Waals surface area contributed by atoms with E-state index in [0.29, 0.717) is 6.61 Å². The van der Waals surface area contributed by atoms with Crippen LogP contribution in [0.2, 0.25) is 0 Å². The van der Waals surface area contributed by atoms with Gasteiger partial charge in [-0.3, -0.25) is 4.98 Å². The van der Waals surface area contributed by atoms with E-state index in [-0.39, 0.29) is 0 Å². The van der Waals surface area contributed by atoms with Crippen LogP contribution in [0.1, 0.15) is 28.4 Å². The molecule has 1 heterocycles. The average Bonchev–Trinajstić information content (AvgIpc) is 2.39. The summed E-state index contributed by atoms with van der Waals surface area (Å²) in [7, 11) is 1.67. The summed E-state index contributed by atoms with van der Waals surface area (Å²) in [6.07, 6.45) is 2.84. The van der Waals surface area contributed by atoms with Gasteiger partial charge in [0.2, 0.25) is 0 Å².